The van der Waals surface area contributed by atoms with Gasteiger partial charge in [0.05, 0.1) is 9.88 Å². The average Bonchev–Trinajstić information content (AvgIpc) is 2.75. The van der Waals surface area contributed by atoms with E-state index in [4.69, 9.17) is 0 Å². The highest BCUT2D eigenvalue weighted by Crippen LogP contribution is 2.17. The highest BCUT2D eigenvalue weighted by atomic mass is 32.1. The highest BCUT2D eigenvalue weighted by Gasteiger charge is 2.11. The molecule has 0 unspecified atom stereocenters. The van der Waals surface area contributed by atoms with E-state index in [0.29, 0.717) is 4.88 Å². The third-order valence-electron chi connectivity index (χ3n) is 2.44. The maximum absolute atomic E-state index is 12.1. The smallest absolute Gasteiger partial charge is 0.204 e. The summed E-state index contributed by atoms with van der Waals surface area (Å²) in [7, 11) is 0. The van der Waals surface area contributed by atoms with Crippen LogP contribution in [0, 0.1) is 6.92 Å². The number of aryl methyl sites for hydroxylation is 2. The molecule has 82 valence electrons. The molecule has 0 bridgehead atoms. The molecule has 1 heterocycles. The van der Waals surface area contributed by atoms with Crippen LogP contribution >= 0.6 is 11.3 Å². The van der Waals surface area contributed by atoms with Gasteiger partial charge in [0.1, 0.15) is 0 Å². The first-order valence-corrected chi connectivity index (χ1v) is 6.08. The minimum Gasteiger partial charge on any atom is -0.288 e. The first kappa shape index (κ1) is 11.0. The van der Waals surface area contributed by atoms with Crippen molar-refractivity contribution in [3.63, 3.8) is 0 Å². The molecule has 1 aromatic heterocycles. The highest BCUT2D eigenvalue weighted by molar-refractivity contribution is 7.13. The number of ketones is 1. The summed E-state index contributed by atoms with van der Waals surface area (Å²) in [4.78, 5) is 16.9. The van der Waals surface area contributed by atoms with E-state index < -0.39 is 0 Å². The number of rotatable bonds is 3. The van der Waals surface area contributed by atoms with Crippen LogP contribution in [0.25, 0.3) is 0 Å². The van der Waals surface area contributed by atoms with Crippen LogP contribution in [0.5, 0.6) is 0 Å². The molecule has 2 nitrogen and oxygen atoms in total. The Bertz CT molecular complexity index is 516. The van der Waals surface area contributed by atoms with Crippen molar-refractivity contribution in [2.24, 2.45) is 0 Å². The molecule has 0 saturated carbocycles. The summed E-state index contributed by atoms with van der Waals surface area (Å²) in [6.07, 6.45) is 2.60. The summed E-state index contributed by atoms with van der Waals surface area (Å²) in [5.74, 6) is 0.0703. The van der Waals surface area contributed by atoms with E-state index >= 15 is 0 Å². The van der Waals surface area contributed by atoms with Gasteiger partial charge in [-0.2, -0.15) is 0 Å². The fourth-order valence-electron chi connectivity index (χ4n) is 1.54. The molecule has 0 aliphatic heterocycles. The van der Waals surface area contributed by atoms with Crippen molar-refractivity contribution in [3.8, 4) is 0 Å². The summed E-state index contributed by atoms with van der Waals surface area (Å²) in [5, 5.41) is 0.926. The summed E-state index contributed by atoms with van der Waals surface area (Å²) >= 11 is 1.44. The topological polar surface area (TPSA) is 30.0 Å². The molecule has 0 atom stereocenters. The molecular weight excluding hydrogens is 218 g/mol. The van der Waals surface area contributed by atoms with Gasteiger partial charge in [0.2, 0.25) is 5.78 Å². The summed E-state index contributed by atoms with van der Waals surface area (Å²) in [6.45, 7) is 3.99. The minimum atomic E-state index is 0.0703. The van der Waals surface area contributed by atoms with Gasteiger partial charge < -0.3 is 0 Å². The Morgan fingerprint density at radius 3 is 2.88 bits per heavy atom. The van der Waals surface area contributed by atoms with E-state index in [-0.39, 0.29) is 5.78 Å². The van der Waals surface area contributed by atoms with Crippen molar-refractivity contribution in [2.45, 2.75) is 20.3 Å². The van der Waals surface area contributed by atoms with Crippen molar-refractivity contribution in [1.82, 2.24) is 4.98 Å². The zero-order valence-electron chi connectivity index (χ0n) is 9.36. The van der Waals surface area contributed by atoms with Gasteiger partial charge in [-0.3, -0.25) is 4.79 Å². The van der Waals surface area contributed by atoms with Gasteiger partial charge in [-0.15, -0.1) is 11.3 Å². The normalized spacial score (nSPS) is 10.4. The van der Waals surface area contributed by atoms with Gasteiger partial charge >= 0.3 is 0 Å². The lowest BCUT2D eigenvalue weighted by Crippen LogP contribution is -1.99. The largest absolute Gasteiger partial charge is 0.288 e. The Labute approximate surface area is 99.0 Å². The third kappa shape index (κ3) is 2.19. The van der Waals surface area contributed by atoms with Gasteiger partial charge in [0, 0.05) is 11.8 Å². The lowest BCUT2D eigenvalue weighted by molar-refractivity contribution is 0.104. The Balaban J connectivity index is 2.33. The molecule has 3 heteroatoms. The van der Waals surface area contributed by atoms with Crippen LogP contribution in [-0.2, 0) is 6.42 Å². The molecule has 0 fully saturated rings. The third-order valence-corrected chi connectivity index (χ3v) is 3.35. The monoisotopic (exact) mass is 231 g/mol. The molecular formula is C13H13NOS. The van der Waals surface area contributed by atoms with Crippen molar-refractivity contribution in [2.75, 3.05) is 0 Å². The average molecular weight is 231 g/mol. The molecule has 1 aromatic carbocycles. The fraction of sp³-hybridized carbons (Fsp3) is 0.231. The standard InChI is InChI=1S/C13H13NOS/c1-3-10-5-4-6-11(7-10)13(15)12-8-14-9(2)16-12/h4-8H,3H2,1-2H3. The van der Waals surface area contributed by atoms with E-state index in [1.807, 2.05) is 31.2 Å². The summed E-state index contributed by atoms with van der Waals surface area (Å²) < 4.78 is 0. The Kier molecular flexibility index (Phi) is 3.15. The molecule has 0 radical (unpaired) electrons. The first-order valence-electron chi connectivity index (χ1n) is 5.26. The zero-order chi connectivity index (χ0) is 11.5. The Morgan fingerprint density at radius 2 is 2.25 bits per heavy atom. The van der Waals surface area contributed by atoms with Crippen molar-refractivity contribution >= 4 is 17.1 Å². The second kappa shape index (κ2) is 4.58. The molecule has 0 spiro atoms. The van der Waals surface area contributed by atoms with E-state index in [1.165, 1.54) is 16.9 Å². The number of hydrogen-bond acceptors (Lipinski definition) is 3. The van der Waals surface area contributed by atoms with Crippen LogP contribution in [0.3, 0.4) is 0 Å². The minimum absolute atomic E-state index is 0.0703. The fourth-order valence-corrected chi connectivity index (χ4v) is 2.28. The van der Waals surface area contributed by atoms with Crippen LogP contribution in [0.15, 0.2) is 30.5 Å². The number of benzene rings is 1. The molecule has 0 amide bonds. The second-order valence-corrected chi connectivity index (χ2v) is 4.86. The van der Waals surface area contributed by atoms with Crippen molar-refractivity contribution in [1.29, 1.82) is 0 Å². The Morgan fingerprint density at radius 1 is 1.44 bits per heavy atom. The summed E-state index contributed by atoms with van der Waals surface area (Å²) in [6, 6.07) is 7.78. The molecule has 2 rings (SSSR count). The molecule has 0 aliphatic carbocycles. The first-order chi connectivity index (χ1) is 7.70. The number of thiazole rings is 1. The van der Waals surface area contributed by atoms with Gasteiger partial charge in [0.15, 0.2) is 0 Å². The van der Waals surface area contributed by atoms with Crippen LogP contribution in [-0.4, -0.2) is 10.8 Å². The number of nitrogens with zero attached hydrogens (tertiary/aromatic N) is 1. The van der Waals surface area contributed by atoms with Gasteiger partial charge in [-0.25, -0.2) is 4.98 Å². The molecule has 0 saturated heterocycles. The van der Waals surface area contributed by atoms with E-state index in [0.717, 1.165) is 17.0 Å². The number of aromatic nitrogens is 1. The van der Waals surface area contributed by atoms with E-state index in [1.54, 1.807) is 6.20 Å². The predicted molar refractivity (Wildman–Crippen MR) is 66.1 cm³/mol. The Hall–Kier alpha value is -1.48. The quantitative estimate of drug-likeness (QED) is 0.759. The zero-order valence-corrected chi connectivity index (χ0v) is 10.2. The molecule has 0 N–H and O–H groups in total. The lowest BCUT2D eigenvalue weighted by atomic mass is 10.1. The maximum atomic E-state index is 12.1. The molecule has 16 heavy (non-hydrogen) atoms. The van der Waals surface area contributed by atoms with Crippen LogP contribution < -0.4 is 0 Å². The molecule has 2 aromatic rings. The van der Waals surface area contributed by atoms with E-state index in [2.05, 4.69) is 11.9 Å². The number of hydrogen-bond donors (Lipinski definition) is 0. The predicted octanol–water partition coefficient (Wildman–Crippen LogP) is 3.24. The maximum Gasteiger partial charge on any atom is 0.204 e. The van der Waals surface area contributed by atoms with Gasteiger partial charge in [-0.1, -0.05) is 25.1 Å². The second-order valence-electron chi connectivity index (χ2n) is 3.63. The van der Waals surface area contributed by atoms with Gasteiger partial charge in [0.25, 0.3) is 0 Å². The SMILES string of the molecule is CCc1cccc(C(=O)c2cnc(C)s2)c1. The van der Waals surface area contributed by atoms with Crippen LogP contribution in [0.2, 0.25) is 0 Å². The van der Waals surface area contributed by atoms with Crippen LogP contribution in [0.1, 0.15) is 32.7 Å². The van der Waals surface area contributed by atoms with Gasteiger partial charge in [-0.05, 0) is 25.0 Å². The van der Waals surface area contributed by atoms with Crippen LogP contribution in [0.4, 0.5) is 0 Å². The molecule has 0 aliphatic rings. The number of carbonyl (C=O) groups is 1. The van der Waals surface area contributed by atoms with Crippen molar-refractivity contribution in [3.05, 3.63) is 51.5 Å². The van der Waals surface area contributed by atoms with Crippen molar-refractivity contribution < 1.29 is 4.79 Å². The number of carbonyl (C=O) groups excluding carboxylic acids is 1. The lowest BCUT2D eigenvalue weighted by Gasteiger charge is -2.00. The summed E-state index contributed by atoms with van der Waals surface area (Å²) in [5.41, 5.74) is 1.94. The van der Waals surface area contributed by atoms with E-state index in [9.17, 15) is 4.79 Å².